The van der Waals surface area contributed by atoms with E-state index in [0.717, 1.165) is 41.5 Å². The van der Waals surface area contributed by atoms with Crippen molar-refractivity contribution in [2.75, 3.05) is 37.6 Å². The summed E-state index contributed by atoms with van der Waals surface area (Å²) in [4.78, 5) is 33.9. The Labute approximate surface area is 189 Å². The zero-order chi connectivity index (χ0) is 22.5. The first kappa shape index (κ1) is 21.8. The van der Waals surface area contributed by atoms with Gasteiger partial charge in [-0.15, -0.1) is 0 Å². The van der Waals surface area contributed by atoms with Gasteiger partial charge in [0.2, 0.25) is 0 Å². The summed E-state index contributed by atoms with van der Waals surface area (Å²) in [5, 5.41) is 4.99. The molecule has 0 aliphatic carbocycles. The Bertz CT molecular complexity index is 1080. The summed E-state index contributed by atoms with van der Waals surface area (Å²) in [6, 6.07) is 17.6. The fourth-order valence-electron chi connectivity index (χ4n) is 4.02. The molecule has 2 aromatic carbocycles. The van der Waals surface area contributed by atoms with Crippen molar-refractivity contribution in [2.45, 2.75) is 20.3 Å². The molecule has 6 heteroatoms. The number of hydrogen-bond acceptors (Lipinski definition) is 4. The molecule has 1 aromatic heterocycles. The van der Waals surface area contributed by atoms with Gasteiger partial charge < -0.3 is 15.1 Å². The highest BCUT2D eigenvalue weighted by molar-refractivity contribution is 6.07. The van der Waals surface area contributed by atoms with E-state index in [1.54, 1.807) is 12.3 Å². The van der Waals surface area contributed by atoms with E-state index >= 15 is 0 Å². The number of aromatic nitrogens is 1. The van der Waals surface area contributed by atoms with Crippen molar-refractivity contribution in [3.8, 4) is 0 Å². The fraction of sp³-hybridized carbons (Fsp3) is 0.346. The van der Waals surface area contributed by atoms with E-state index in [2.05, 4.69) is 29.0 Å². The highest BCUT2D eigenvalue weighted by Gasteiger charge is 2.23. The number of rotatable bonds is 6. The molecule has 2 amide bonds. The summed E-state index contributed by atoms with van der Waals surface area (Å²) in [5.41, 5.74) is 2.16. The Hall–Kier alpha value is -3.41. The summed E-state index contributed by atoms with van der Waals surface area (Å²) in [5.74, 6) is 0.493. The first-order chi connectivity index (χ1) is 15.5. The number of nitrogens with zero attached hydrogens (tertiary/aromatic N) is 3. The molecule has 3 aromatic rings. The number of nitrogens with one attached hydrogen (secondary N) is 1. The van der Waals surface area contributed by atoms with Crippen LogP contribution in [0.15, 0.2) is 60.8 Å². The number of anilines is 1. The number of fused-ring (bicyclic) bond motifs is 1. The quantitative estimate of drug-likeness (QED) is 0.643. The lowest BCUT2D eigenvalue weighted by Gasteiger charge is -2.36. The van der Waals surface area contributed by atoms with Crippen molar-refractivity contribution >= 4 is 28.3 Å². The standard InChI is InChI=1S/C26H30N4O2/c1-19(2)12-13-27-25(31)24-11-10-21(18-28-24)29-14-16-30(17-15-29)26(32)23-9-5-7-20-6-3-4-8-22(20)23/h3-11,18-19H,12-17H2,1-2H3,(H,27,31). The van der Waals surface area contributed by atoms with Crippen LogP contribution in [0.2, 0.25) is 0 Å². The Morgan fingerprint density at radius 1 is 0.969 bits per heavy atom. The maximum Gasteiger partial charge on any atom is 0.269 e. The molecule has 1 N–H and O–H groups in total. The molecule has 0 radical (unpaired) electrons. The van der Waals surface area contributed by atoms with Crippen LogP contribution in [0.1, 0.15) is 41.1 Å². The minimum Gasteiger partial charge on any atom is -0.367 e. The van der Waals surface area contributed by atoms with Gasteiger partial charge in [0.25, 0.3) is 11.8 Å². The van der Waals surface area contributed by atoms with Crippen LogP contribution in [0.4, 0.5) is 5.69 Å². The lowest BCUT2D eigenvalue weighted by molar-refractivity contribution is 0.0748. The second-order valence-corrected chi connectivity index (χ2v) is 8.65. The third-order valence-corrected chi connectivity index (χ3v) is 5.94. The Morgan fingerprint density at radius 3 is 2.44 bits per heavy atom. The van der Waals surface area contributed by atoms with E-state index in [1.165, 1.54) is 0 Å². The topological polar surface area (TPSA) is 65.5 Å². The van der Waals surface area contributed by atoms with Gasteiger partial charge in [-0.1, -0.05) is 50.2 Å². The summed E-state index contributed by atoms with van der Waals surface area (Å²) in [6.07, 6.45) is 2.70. The van der Waals surface area contributed by atoms with E-state index in [0.29, 0.717) is 31.2 Å². The predicted molar refractivity (Wildman–Crippen MR) is 128 cm³/mol. The van der Waals surface area contributed by atoms with Gasteiger partial charge in [-0.3, -0.25) is 9.59 Å². The van der Waals surface area contributed by atoms with Crippen LogP contribution in [0.3, 0.4) is 0 Å². The average molecular weight is 431 g/mol. The van der Waals surface area contributed by atoms with Crippen LogP contribution < -0.4 is 10.2 Å². The molecule has 1 aliphatic rings. The highest BCUT2D eigenvalue weighted by atomic mass is 16.2. The molecule has 0 saturated carbocycles. The van der Waals surface area contributed by atoms with Gasteiger partial charge in [-0.25, -0.2) is 4.98 Å². The Morgan fingerprint density at radius 2 is 1.72 bits per heavy atom. The van der Waals surface area contributed by atoms with E-state index in [9.17, 15) is 9.59 Å². The van der Waals surface area contributed by atoms with Gasteiger partial charge >= 0.3 is 0 Å². The smallest absolute Gasteiger partial charge is 0.269 e. The van der Waals surface area contributed by atoms with Crippen LogP contribution in [0.5, 0.6) is 0 Å². The zero-order valence-electron chi connectivity index (χ0n) is 18.8. The maximum atomic E-state index is 13.2. The second-order valence-electron chi connectivity index (χ2n) is 8.65. The number of carbonyl (C=O) groups excluding carboxylic acids is 2. The number of carbonyl (C=O) groups is 2. The number of amides is 2. The lowest BCUT2D eigenvalue weighted by Crippen LogP contribution is -2.48. The van der Waals surface area contributed by atoms with Gasteiger partial charge in [0.05, 0.1) is 11.9 Å². The second kappa shape index (κ2) is 9.81. The molecule has 2 heterocycles. The zero-order valence-corrected chi connectivity index (χ0v) is 18.8. The van der Waals surface area contributed by atoms with Crippen LogP contribution in [0, 0.1) is 5.92 Å². The van der Waals surface area contributed by atoms with Crippen molar-refractivity contribution in [3.05, 3.63) is 72.1 Å². The molecule has 0 spiro atoms. The molecule has 1 saturated heterocycles. The van der Waals surface area contributed by atoms with Gasteiger partial charge in [0.1, 0.15) is 5.69 Å². The van der Waals surface area contributed by atoms with Crippen LogP contribution in [0.25, 0.3) is 10.8 Å². The number of pyridine rings is 1. The van der Waals surface area contributed by atoms with Crippen molar-refractivity contribution in [1.29, 1.82) is 0 Å². The van der Waals surface area contributed by atoms with Crippen LogP contribution >= 0.6 is 0 Å². The van der Waals surface area contributed by atoms with E-state index in [-0.39, 0.29) is 11.8 Å². The third kappa shape index (κ3) is 4.90. The minimum absolute atomic E-state index is 0.0768. The lowest BCUT2D eigenvalue weighted by atomic mass is 10.0. The first-order valence-electron chi connectivity index (χ1n) is 11.3. The molecule has 1 fully saturated rings. The number of benzene rings is 2. The number of hydrogen-bond donors (Lipinski definition) is 1. The molecule has 0 atom stereocenters. The summed E-state index contributed by atoms with van der Waals surface area (Å²) >= 11 is 0. The van der Waals surface area contributed by atoms with Crippen LogP contribution in [-0.4, -0.2) is 54.4 Å². The monoisotopic (exact) mass is 430 g/mol. The highest BCUT2D eigenvalue weighted by Crippen LogP contribution is 2.22. The van der Waals surface area contributed by atoms with E-state index in [1.807, 2.05) is 53.4 Å². The Balaban J connectivity index is 1.35. The van der Waals surface area contributed by atoms with E-state index < -0.39 is 0 Å². The maximum absolute atomic E-state index is 13.2. The van der Waals surface area contributed by atoms with Gasteiger partial charge in [0, 0.05) is 38.3 Å². The molecular weight excluding hydrogens is 400 g/mol. The van der Waals surface area contributed by atoms with Crippen LogP contribution in [-0.2, 0) is 0 Å². The average Bonchev–Trinajstić information content (AvgIpc) is 2.83. The molecule has 0 bridgehead atoms. The van der Waals surface area contributed by atoms with Gasteiger partial charge in [-0.2, -0.15) is 0 Å². The van der Waals surface area contributed by atoms with Crippen molar-refractivity contribution in [2.24, 2.45) is 5.92 Å². The molecule has 32 heavy (non-hydrogen) atoms. The molecule has 1 aliphatic heterocycles. The van der Waals surface area contributed by atoms with Crippen molar-refractivity contribution < 1.29 is 9.59 Å². The Kier molecular flexibility index (Phi) is 6.69. The summed E-state index contributed by atoms with van der Waals surface area (Å²) in [6.45, 7) is 7.70. The normalized spacial score (nSPS) is 14.1. The minimum atomic E-state index is -0.136. The summed E-state index contributed by atoms with van der Waals surface area (Å²) in [7, 11) is 0. The van der Waals surface area contributed by atoms with Crippen molar-refractivity contribution in [1.82, 2.24) is 15.2 Å². The molecule has 0 unspecified atom stereocenters. The first-order valence-corrected chi connectivity index (χ1v) is 11.3. The predicted octanol–water partition coefficient (Wildman–Crippen LogP) is 3.97. The molecular formula is C26H30N4O2. The number of piperazine rings is 1. The molecule has 166 valence electrons. The van der Waals surface area contributed by atoms with E-state index in [4.69, 9.17) is 0 Å². The third-order valence-electron chi connectivity index (χ3n) is 5.94. The molecule has 6 nitrogen and oxygen atoms in total. The largest absolute Gasteiger partial charge is 0.367 e. The fourth-order valence-corrected chi connectivity index (χ4v) is 4.02. The van der Waals surface area contributed by atoms with Gasteiger partial charge in [-0.05, 0) is 41.3 Å². The SMILES string of the molecule is CC(C)CCNC(=O)c1ccc(N2CCN(C(=O)c3cccc4ccccc34)CC2)cn1. The summed E-state index contributed by atoms with van der Waals surface area (Å²) < 4.78 is 0. The molecule has 4 rings (SSSR count). The van der Waals surface area contributed by atoms with Gasteiger partial charge in [0.15, 0.2) is 0 Å². The van der Waals surface area contributed by atoms with Crippen molar-refractivity contribution in [3.63, 3.8) is 0 Å².